The summed E-state index contributed by atoms with van der Waals surface area (Å²) in [6.45, 7) is 11.9. The summed E-state index contributed by atoms with van der Waals surface area (Å²) in [7, 11) is 0. The summed E-state index contributed by atoms with van der Waals surface area (Å²) in [5.41, 5.74) is 0.882. The van der Waals surface area contributed by atoms with Crippen molar-refractivity contribution in [3.8, 4) is 0 Å². The Morgan fingerprint density at radius 2 is 1.17 bits per heavy atom. The standard InChI is InChI=1S/C34H48N4O8/c1-22(2)18-27(30(40)36-24(4)32(42)45-20-26-16-12-9-13-17-26)37-29(39)23(3)35-31(41)28(38-33(43)46-34(5,6)7)21-44-19-25-14-10-8-11-15-25/h8-17,22-24,27-28H,18-21H2,1-7H3,(H,35,41)(H,36,40)(H,37,39)(H,38,43)/t23-,24-,27+,28+/m1/s1. The lowest BCUT2D eigenvalue weighted by Crippen LogP contribution is -2.57. The molecule has 2 rings (SSSR count). The molecule has 4 amide bonds. The highest BCUT2D eigenvalue weighted by atomic mass is 16.6. The maximum atomic E-state index is 13.2. The molecule has 0 aliphatic heterocycles. The molecular formula is C34H48N4O8. The lowest BCUT2D eigenvalue weighted by molar-refractivity contribution is -0.148. The molecule has 12 nitrogen and oxygen atoms in total. The summed E-state index contributed by atoms with van der Waals surface area (Å²) in [6, 6.07) is 14.2. The quantitative estimate of drug-likeness (QED) is 0.203. The summed E-state index contributed by atoms with van der Waals surface area (Å²) < 4.78 is 16.3. The molecule has 0 fully saturated rings. The Labute approximate surface area is 271 Å². The second-order valence-electron chi connectivity index (χ2n) is 12.4. The van der Waals surface area contributed by atoms with Crippen molar-refractivity contribution in [2.24, 2.45) is 5.92 Å². The van der Waals surface area contributed by atoms with Gasteiger partial charge in [0.25, 0.3) is 0 Å². The van der Waals surface area contributed by atoms with E-state index in [4.69, 9.17) is 14.2 Å². The lowest BCUT2D eigenvalue weighted by Gasteiger charge is -2.26. The van der Waals surface area contributed by atoms with Crippen molar-refractivity contribution in [3.63, 3.8) is 0 Å². The molecule has 4 atom stereocenters. The number of nitrogens with one attached hydrogen (secondary N) is 4. The summed E-state index contributed by atoms with van der Waals surface area (Å²) in [6.07, 6.45) is -0.543. The van der Waals surface area contributed by atoms with E-state index in [0.717, 1.165) is 11.1 Å². The van der Waals surface area contributed by atoms with Gasteiger partial charge in [0.15, 0.2) is 0 Å². The number of hydrogen-bond donors (Lipinski definition) is 4. The number of rotatable bonds is 16. The Kier molecular flexibility index (Phi) is 15.2. The van der Waals surface area contributed by atoms with E-state index in [1.165, 1.54) is 13.8 Å². The van der Waals surface area contributed by atoms with Crippen LogP contribution in [0.5, 0.6) is 0 Å². The average Bonchev–Trinajstić information content (AvgIpc) is 2.98. The van der Waals surface area contributed by atoms with Crippen molar-refractivity contribution in [1.29, 1.82) is 0 Å². The first-order chi connectivity index (χ1) is 21.6. The maximum Gasteiger partial charge on any atom is 0.408 e. The summed E-state index contributed by atoms with van der Waals surface area (Å²) in [5.74, 6) is -2.48. The fourth-order valence-electron chi connectivity index (χ4n) is 4.11. The second kappa shape index (κ2) is 18.5. The van der Waals surface area contributed by atoms with Crippen LogP contribution in [-0.2, 0) is 46.6 Å². The number of hydrogen-bond acceptors (Lipinski definition) is 8. The van der Waals surface area contributed by atoms with E-state index in [-0.39, 0.29) is 32.2 Å². The highest BCUT2D eigenvalue weighted by Gasteiger charge is 2.30. The maximum absolute atomic E-state index is 13.2. The van der Waals surface area contributed by atoms with E-state index in [2.05, 4.69) is 21.3 Å². The van der Waals surface area contributed by atoms with Crippen molar-refractivity contribution in [3.05, 3.63) is 71.8 Å². The van der Waals surface area contributed by atoms with Crippen LogP contribution in [-0.4, -0.2) is 66.2 Å². The number of carbonyl (C=O) groups is 5. The van der Waals surface area contributed by atoms with Gasteiger partial charge < -0.3 is 35.5 Å². The van der Waals surface area contributed by atoms with E-state index >= 15 is 0 Å². The molecule has 0 aromatic heterocycles. The van der Waals surface area contributed by atoms with Crippen LogP contribution < -0.4 is 21.3 Å². The van der Waals surface area contributed by atoms with Gasteiger partial charge >= 0.3 is 12.1 Å². The van der Waals surface area contributed by atoms with Gasteiger partial charge in [0, 0.05) is 0 Å². The number of carbonyl (C=O) groups excluding carboxylic acids is 5. The average molecular weight is 641 g/mol. The van der Waals surface area contributed by atoms with Crippen molar-refractivity contribution < 1.29 is 38.2 Å². The molecule has 0 unspecified atom stereocenters. The summed E-state index contributed by atoms with van der Waals surface area (Å²) in [4.78, 5) is 64.5. The molecule has 0 saturated carbocycles. The molecule has 0 radical (unpaired) electrons. The van der Waals surface area contributed by atoms with Gasteiger partial charge in [-0.25, -0.2) is 9.59 Å². The van der Waals surface area contributed by atoms with Gasteiger partial charge in [-0.05, 0) is 58.1 Å². The normalized spacial score (nSPS) is 13.8. The van der Waals surface area contributed by atoms with Crippen LogP contribution >= 0.6 is 0 Å². The Balaban J connectivity index is 2.00. The van der Waals surface area contributed by atoms with Crippen LogP contribution in [0.25, 0.3) is 0 Å². The number of ether oxygens (including phenoxy) is 3. The van der Waals surface area contributed by atoms with Gasteiger partial charge in [0.2, 0.25) is 17.7 Å². The number of esters is 1. The first-order valence-electron chi connectivity index (χ1n) is 15.4. The third-order valence-electron chi connectivity index (χ3n) is 6.43. The van der Waals surface area contributed by atoms with Crippen LogP contribution in [0.15, 0.2) is 60.7 Å². The molecule has 252 valence electrons. The molecule has 0 saturated heterocycles. The SMILES string of the molecule is CC(C)C[C@H](NC(=O)[C@@H](C)NC(=O)[C@H](COCc1ccccc1)NC(=O)OC(C)(C)C)C(=O)N[C@H](C)C(=O)OCc1ccccc1. The Bertz CT molecular complexity index is 1280. The zero-order valence-electron chi connectivity index (χ0n) is 27.8. The molecule has 2 aromatic carbocycles. The third-order valence-corrected chi connectivity index (χ3v) is 6.43. The molecule has 0 spiro atoms. The largest absolute Gasteiger partial charge is 0.459 e. The topological polar surface area (TPSA) is 161 Å². The van der Waals surface area contributed by atoms with Crippen molar-refractivity contribution >= 4 is 29.8 Å². The summed E-state index contributed by atoms with van der Waals surface area (Å²) in [5, 5.41) is 10.4. The van der Waals surface area contributed by atoms with Crippen LogP contribution in [0.1, 0.15) is 66.0 Å². The fraction of sp³-hybridized carbons (Fsp3) is 0.500. The van der Waals surface area contributed by atoms with Gasteiger partial charge in [0.05, 0.1) is 13.2 Å². The molecule has 0 bridgehead atoms. The first kappa shape index (κ1) is 37.7. The minimum absolute atomic E-state index is 0.0189. The molecular weight excluding hydrogens is 592 g/mol. The van der Waals surface area contributed by atoms with Crippen LogP contribution in [0.2, 0.25) is 0 Å². The van der Waals surface area contributed by atoms with Gasteiger partial charge in [0.1, 0.15) is 36.4 Å². The molecule has 2 aromatic rings. The number of benzene rings is 2. The Morgan fingerprint density at radius 3 is 1.72 bits per heavy atom. The predicted molar refractivity (Wildman–Crippen MR) is 172 cm³/mol. The van der Waals surface area contributed by atoms with Gasteiger partial charge in [-0.3, -0.25) is 14.4 Å². The van der Waals surface area contributed by atoms with E-state index < -0.39 is 59.6 Å². The molecule has 12 heteroatoms. The number of alkyl carbamates (subject to hydrolysis) is 1. The van der Waals surface area contributed by atoms with Crippen LogP contribution in [0.3, 0.4) is 0 Å². The monoisotopic (exact) mass is 640 g/mol. The van der Waals surface area contributed by atoms with Crippen molar-refractivity contribution in [1.82, 2.24) is 21.3 Å². The Hall–Kier alpha value is -4.45. The zero-order chi connectivity index (χ0) is 34.3. The van der Waals surface area contributed by atoms with Gasteiger partial charge in [-0.2, -0.15) is 0 Å². The van der Waals surface area contributed by atoms with Crippen molar-refractivity contribution in [2.45, 2.75) is 97.9 Å². The minimum atomic E-state index is -1.17. The predicted octanol–water partition coefficient (Wildman–Crippen LogP) is 3.38. The highest BCUT2D eigenvalue weighted by molar-refractivity contribution is 5.94. The Morgan fingerprint density at radius 1 is 0.652 bits per heavy atom. The van der Waals surface area contributed by atoms with E-state index in [9.17, 15) is 24.0 Å². The lowest BCUT2D eigenvalue weighted by atomic mass is 10.0. The third kappa shape index (κ3) is 14.6. The molecule has 4 N–H and O–H groups in total. The fourth-order valence-corrected chi connectivity index (χ4v) is 4.11. The first-order valence-corrected chi connectivity index (χ1v) is 15.4. The molecule has 0 aliphatic rings. The zero-order valence-corrected chi connectivity index (χ0v) is 27.8. The van der Waals surface area contributed by atoms with E-state index in [1.807, 2.05) is 74.5 Å². The van der Waals surface area contributed by atoms with E-state index in [1.54, 1.807) is 20.8 Å². The van der Waals surface area contributed by atoms with Gasteiger partial charge in [-0.1, -0.05) is 74.5 Å². The molecule has 0 heterocycles. The molecule has 0 aliphatic carbocycles. The van der Waals surface area contributed by atoms with Gasteiger partial charge in [-0.15, -0.1) is 0 Å². The van der Waals surface area contributed by atoms with Crippen LogP contribution in [0, 0.1) is 5.92 Å². The van der Waals surface area contributed by atoms with E-state index in [0.29, 0.717) is 0 Å². The summed E-state index contributed by atoms with van der Waals surface area (Å²) >= 11 is 0. The van der Waals surface area contributed by atoms with Crippen molar-refractivity contribution in [2.75, 3.05) is 6.61 Å². The molecule has 46 heavy (non-hydrogen) atoms. The number of amides is 4. The van der Waals surface area contributed by atoms with Crippen LogP contribution in [0.4, 0.5) is 4.79 Å². The minimum Gasteiger partial charge on any atom is -0.459 e. The smallest absolute Gasteiger partial charge is 0.408 e. The second-order valence-corrected chi connectivity index (χ2v) is 12.4. The highest BCUT2D eigenvalue weighted by Crippen LogP contribution is 2.09.